The van der Waals surface area contributed by atoms with Gasteiger partial charge < -0.3 is 5.32 Å². The van der Waals surface area contributed by atoms with E-state index >= 15 is 0 Å². The van der Waals surface area contributed by atoms with Gasteiger partial charge in [0, 0.05) is 12.6 Å². The van der Waals surface area contributed by atoms with E-state index in [0.29, 0.717) is 18.5 Å². The lowest BCUT2D eigenvalue weighted by molar-refractivity contribution is -0.120. The van der Waals surface area contributed by atoms with E-state index in [-0.39, 0.29) is 5.91 Å². The lowest BCUT2D eigenvalue weighted by atomic mass is 10.1. The zero-order valence-electron chi connectivity index (χ0n) is 8.77. The van der Waals surface area contributed by atoms with Gasteiger partial charge in [0.2, 0.25) is 5.91 Å². The first-order chi connectivity index (χ1) is 7.49. The Labute approximate surface area is 97.6 Å². The summed E-state index contributed by atoms with van der Waals surface area (Å²) in [7, 11) is 0. The van der Waals surface area contributed by atoms with Gasteiger partial charge in [0.05, 0.1) is 0 Å². The van der Waals surface area contributed by atoms with Gasteiger partial charge in [0.25, 0.3) is 0 Å². The third-order valence-electron chi connectivity index (χ3n) is 2.00. The number of nitrogens with one attached hydrogen (secondary N) is 1. The van der Waals surface area contributed by atoms with Gasteiger partial charge in [-0.2, -0.15) is 0 Å². The summed E-state index contributed by atoms with van der Waals surface area (Å²) >= 11 is 5.53. The van der Waals surface area contributed by atoms with Crippen LogP contribution >= 0.6 is 11.6 Å². The fourth-order valence-electron chi connectivity index (χ4n) is 1.23. The van der Waals surface area contributed by atoms with Crippen LogP contribution in [0.5, 0.6) is 0 Å². The summed E-state index contributed by atoms with van der Waals surface area (Å²) in [6.07, 6.45) is 0.365. The lowest BCUT2D eigenvalue weighted by Crippen LogP contribution is -2.31. The summed E-state index contributed by atoms with van der Waals surface area (Å²) in [5.41, 5.74) is 0.500. The fourth-order valence-corrected chi connectivity index (χ4v) is 1.30. The van der Waals surface area contributed by atoms with Crippen LogP contribution in [0.15, 0.2) is 18.2 Å². The first kappa shape index (κ1) is 12.9. The van der Waals surface area contributed by atoms with Crippen LogP contribution in [-0.4, -0.2) is 17.8 Å². The van der Waals surface area contributed by atoms with E-state index in [1.54, 1.807) is 6.92 Å². The number of benzene rings is 1. The van der Waals surface area contributed by atoms with Crippen LogP contribution in [-0.2, 0) is 11.2 Å². The average Bonchev–Trinajstić information content (AvgIpc) is 2.15. The van der Waals surface area contributed by atoms with Crippen LogP contribution in [0.1, 0.15) is 12.5 Å². The maximum Gasteiger partial charge on any atom is 0.237 e. The summed E-state index contributed by atoms with van der Waals surface area (Å²) < 4.78 is 25.6. The van der Waals surface area contributed by atoms with E-state index in [1.165, 1.54) is 12.1 Å². The number of halogens is 3. The molecule has 0 spiro atoms. The van der Waals surface area contributed by atoms with Gasteiger partial charge in [-0.1, -0.05) is 0 Å². The number of carbonyl (C=O) groups is 1. The van der Waals surface area contributed by atoms with Crippen molar-refractivity contribution in [2.75, 3.05) is 6.54 Å². The van der Waals surface area contributed by atoms with Crippen LogP contribution in [0, 0.1) is 11.6 Å². The van der Waals surface area contributed by atoms with Gasteiger partial charge in [-0.05, 0) is 31.0 Å². The Bertz CT molecular complexity index is 362. The Kier molecular flexibility index (Phi) is 4.68. The summed E-state index contributed by atoms with van der Waals surface area (Å²) in [6.45, 7) is 1.86. The van der Waals surface area contributed by atoms with Crippen LogP contribution in [0.25, 0.3) is 0 Å². The molecule has 88 valence electrons. The number of amides is 1. The fraction of sp³-hybridized carbons (Fsp3) is 0.364. The summed E-state index contributed by atoms with van der Waals surface area (Å²) in [5, 5.41) is 1.95. The first-order valence-electron chi connectivity index (χ1n) is 4.86. The number of hydrogen-bond acceptors (Lipinski definition) is 1. The number of alkyl halides is 1. The minimum absolute atomic E-state index is 0.293. The van der Waals surface area contributed by atoms with Crippen molar-refractivity contribution in [3.05, 3.63) is 35.4 Å². The smallest absolute Gasteiger partial charge is 0.237 e. The maximum atomic E-state index is 12.8. The zero-order chi connectivity index (χ0) is 12.1. The molecular formula is C11H12ClF2NO. The molecule has 5 heteroatoms. The molecule has 0 bridgehead atoms. The Morgan fingerprint density at radius 2 is 1.94 bits per heavy atom. The second-order valence-electron chi connectivity index (χ2n) is 3.43. The predicted molar refractivity (Wildman–Crippen MR) is 58.4 cm³/mol. The van der Waals surface area contributed by atoms with E-state index in [0.717, 1.165) is 6.07 Å². The molecule has 1 unspecified atom stereocenters. The average molecular weight is 248 g/mol. The van der Waals surface area contributed by atoms with Crippen LogP contribution in [0.4, 0.5) is 8.78 Å². The van der Waals surface area contributed by atoms with Gasteiger partial charge in [-0.3, -0.25) is 4.79 Å². The molecule has 1 aromatic rings. The zero-order valence-corrected chi connectivity index (χ0v) is 9.52. The second-order valence-corrected chi connectivity index (χ2v) is 4.09. The summed E-state index contributed by atoms with van der Waals surface area (Å²) in [5.74, 6) is -1.53. The van der Waals surface area contributed by atoms with Crippen LogP contribution in [0.3, 0.4) is 0 Å². The van der Waals surface area contributed by atoms with Gasteiger partial charge in [0.15, 0.2) is 0 Å². The summed E-state index contributed by atoms with van der Waals surface area (Å²) in [4.78, 5) is 11.1. The van der Waals surface area contributed by atoms with Crippen molar-refractivity contribution >= 4 is 17.5 Å². The molecule has 0 aromatic heterocycles. The molecule has 0 aliphatic heterocycles. The third-order valence-corrected chi connectivity index (χ3v) is 2.19. The molecule has 2 nitrogen and oxygen atoms in total. The molecule has 1 rings (SSSR count). The molecule has 0 aliphatic rings. The van der Waals surface area contributed by atoms with Gasteiger partial charge in [0.1, 0.15) is 17.0 Å². The highest BCUT2D eigenvalue weighted by Crippen LogP contribution is 2.08. The van der Waals surface area contributed by atoms with Crippen molar-refractivity contribution < 1.29 is 13.6 Å². The van der Waals surface area contributed by atoms with Crippen molar-refractivity contribution in [1.82, 2.24) is 5.32 Å². The number of rotatable bonds is 4. The van der Waals surface area contributed by atoms with E-state index in [1.807, 2.05) is 0 Å². The minimum Gasteiger partial charge on any atom is -0.354 e. The Morgan fingerprint density at radius 1 is 1.38 bits per heavy atom. The SMILES string of the molecule is CC(Cl)C(=O)NCCc1cc(F)cc(F)c1. The molecule has 0 saturated heterocycles. The minimum atomic E-state index is -0.618. The molecular weight excluding hydrogens is 236 g/mol. The molecule has 16 heavy (non-hydrogen) atoms. The highest BCUT2D eigenvalue weighted by Gasteiger charge is 2.07. The van der Waals surface area contributed by atoms with Crippen molar-refractivity contribution in [3.63, 3.8) is 0 Å². The molecule has 0 radical (unpaired) electrons. The maximum absolute atomic E-state index is 12.8. The highest BCUT2D eigenvalue weighted by atomic mass is 35.5. The monoisotopic (exact) mass is 247 g/mol. The van der Waals surface area contributed by atoms with Crippen LogP contribution in [0.2, 0.25) is 0 Å². The molecule has 1 atom stereocenters. The first-order valence-corrected chi connectivity index (χ1v) is 5.29. The van der Waals surface area contributed by atoms with Crippen molar-refractivity contribution in [2.45, 2.75) is 18.7 Å². The van der Waals surface area contributed by atoms with E-state index < -0.39 is 17.0 Å². The number of carbonyl (C=O) groups excluding carboxylic acids is 1. The molecule has 0 fully saturated rings. The quantitative estimate of drug-likeness (QED) is 0.813. The van der Waals surface area contributed by atoms with E-state index in [9.17, 15) is 13.6 Å². The normalized spacial score (nSPS) is 12.2. The Balaban J connectivity index is 2.46. The molecule has 0 saturated carbocycles. The molecule has 1 N–H and O–H groups in total. The van der Waals surface area contributed by atoms with Crippen LogP contribution < -0.4 is 5.32 Å². The number of hydrogen-bond donors (Lipinski definition) is 1. The Morgan fingerprint density at radius 3 is 2.44 bits per heavy atom. The molecule has 1 aromatic carbocycles. The third kappa shape index (κ3) is 4.14. The Hall–Kier alpha value is -1.16. The summed E-state index contributed by atoms with van der Waals surface area (Å²) in [6, 6.07) is 3.28. The molecule has 0 heterocycles. The van der Waals surface area contributed by atoms with Crippen molar-refractivity contribution in [1.29, 1.82) is 0 Å². The highest BCUT2D eigenvalue weighted by molar-refractivity contribution is 6.30. The van der Waals surface area contributed by atoms with Gasteiger partial charge in [-0.15, -0.1) is 11.6 Å². The predicted octanol–water partition coefficient (Wildman–Crippen LogP) is 2.25. The second kappa shape index (κ2) is 5.80. The van der Waals surface area contributed by atoms with E-state index in [4.69, 9.17) is 11.6 Å². The van der Waals surface area contributed by atoms with Crippen molar-refractivity contribution in [3.8, 4) is 0 Å². The van der Waals surface area contributed by atoms with Gasteiger partial charge in [-0.25, -0.2) is 8.78 Å². The van der Waals surface area contributed by atoms with E-state index in [2.05, 4.69) is 5.32 Å². The standard InChI is InChI=1S/C11H12ClF2NO/c1-7(12)11(16)15-3-2-8-4-9(13)6-10(14)5-8/h4-7H,2-3H2,1H3,(H,15,16). The van der Waals surface area contributed by atoms with Gasteiger partial charge >= 0.3 is 0 Å². The van der Waals surface area contributed by atoms with Crippen molar-refractivity contribution in [2.24, 2.45) is 0 Å². The molecule has 1 amide bonds. The molecule has 0 aliphatic carbocycles. The topological polar surface area (TPSA) is 29.1 Å². The lowest BCUT2D eigenvalue weighted by Gasteiger charge is -2.06. The largest absolute Gasteiger partial charge is 0.354 e.